The molecule has 5 nitrogen and oxygen atoms in total. The average Bonchev–Trinajstić information content (AvgIpc) is 2.95. The largest absolute Gasteiger partial charge is 0.308 e. The molecule has 0 aromatic carbocycles. The van der Waals surface area contributed by atoms with Gasteiger partial charge in [-0.15, -0.1) is 5.10 Å². The molecule has 0 amide bonds. The fourth-order valence-corrected chi connectivity index (χ4v) is 3.47. The van der Waals surface area contributed by atoms with Crippen LogP contribution in [0.5, 0.6) is 0 Å². The minimum atomic E-state index is 0.186. The fraction of sp³-hybridized carbons (Fsp3) is 0.857. The fourth-order valence-electron chi connectivity index (χ4n) is 3.47. The van der Waals surface area contributed by atoms with E-state index in [1.807, 2.05) is 13.2 Å². The van der Waals surface area contributed by atoms with Crippen molar-refractivity contribution in [2.24, 2.45) is 7.05 Å². The molecule has 5 heteroatoms. The van der Waals surface area contributed by atoms with E-state index in [4.69, 9.17) is 0 Å². The summed E-state index contributed by atoms with van der Waals surface area (Å²) in [6, 6.07) is 0. The van der Waals surface area contributed by atoms with Gasteiger partial charge in [-0.25, -0.2) is 0 Å². The van der Waals surface area contributed by atoms with Crippen molar-refractivity contribution in [3.63, 3.8) is 0 Å². The molecule has 3 rings (SSSR count). The molecule has 2 fully saturated rings. The SMILES string of the molecule is Cn1cc(CN2CC3(CCCC3)NCC2(C)C)nn1. The van der Waals surface area contributed by atoms with Gasteiger partial charge in [0.1, 0.15) is 0 Å². The van der Waals surface area contributed by atoms with Crippen molar-refractivity contribution < 1.29 is 0 Å². The van der Waals surface area contributed by atoms with E-state index in [9.17, 15) is 0 Å². The lowest BCUT2D eigenvalue weighted by atomic mass is 9.87. The predicted octanol–water partition coefficient (Wildman–Crippen LogP) is 1.31. The summed E-state index contributed by atoms with van der Waals surface area (Å²) in [7, 11) is 1.93. The van der Waals surface area contributed by atoms with Gasteiger partial charge in [-0.05, 0) is 26.7 Å². The van der Waals surface area contributed by atoms with Crippen molar-refractivity contribution in [2.75, 3.05) is 13.1 Å². The number of nitrogens with one attached hydrogen (secondary N) is 1. The van der Waals surface area contributed by atoms with E-state index in [-0.39, 0.29) is 5.54 Å². The first kappa shape index (κ1) is 13.1. The Morgan fingerprint density at radius 1 is 1.32 bits per heavy atom. The molecule has 19 heavy (non-hydrogen) atoms. The second-order valence-electron chi connectivity index (χ2n) is 6.89. The van der Waals surface area contributed by atoms with Gasteiger partial charge in [0.25, 0.3) is 0 Å². The van der Waals surface area contributed by atoms with Crippen LogP contribution in [0.3, 0.4) is 0 Å². The Morgan fingerprint density at radius 3 is 2.68 bits per heavy atom. The van der Waals surface area contributed by atoms with Gasteiger partial charge in [-0.1, -0.05) is 18.1 Å². The molecule has 1 saturated carbocycles. The topological polar surface area (TPSA) is 46.0 Å². The minimum absolute atomic E-state index is 0.186. The summed E-state index contributed by atoms with van der Waals surface area (Å²) < 4.78 is 1.79. The van der Waals surface area contributed by atoms with Crippen LogP contribution in [-0.4, -0.2) is 44.1 Å². The molecule has 1 aromatic rings. The molecule has 1 spiro atoms. The highest BCUT2D eigenvalue weighted by molar-refractivity contribution is 5.06. The molecular weight excluding hydrogens is 238 g/mol. The molecule has 1 aliphatic heterocycles. The summed E-state index contributed by atoms with van der Waals surface area (Å²) >= 11 is 0. The monoisotopic (exact) mass is 263 g/mol. The predicted molar refractivity (Wildman–Crippen MR) is 74.7 cm³/mol. The van der Waals surface area contributed by atoms with Crippen LogP contribution < -0.4 is 5.32 Å². The van der Waals surface area contributed by atoms with E-state index < -0.39 is 0 Å². The van der Waals surface area contributed by atoms with E-state index in [0.29, 0.717) is 5.54 Å². The van der Waals surface area contributed by atoms with Crippen molar-refractivity contribution in [3.05, 3.63) is 11.9 Å². The molecule has 0 unspecified atom stereocenters. The molecule has 0 radical (unpaired) electrons. The number of aromatic nitrogens is 3. The van der Waals surface area contributed by atoms with Gasteiger partial charge in [-0.2, -0.15) is 0 Å². The normalized spacial score (nSPS) is 26.1. The maximum absolute atomic E-state index is 4.24. The van der Waals surface area contributed by atoms with Crippen molar-refractivity contribution in [1.82, 2.24) is 25.2 Å². The first-order valence-corrected chi connectivity index (χ1v) is 7.35. The van der Waals surface area contributed by atoms with Crippen LogP contribution in [-0.2, 0) is 13.6 Å². The highest BCUT2D eigenvalue weighted by Gasteiger charge is 2.44. The molecule has 0 bridgehead atoms. The molecule has 0 atom stereocenters. The van der Waals surface area contributed by atoms with Gasteiger partial charge in [0.15, 0.2) is 0 Å². The van der Waals surface area contributed by atoms with Crippen LogP contribution in [0.1, 0.15) is 45.2 Å². The van der Waals surface area contributed by atoms with Gasteiger partial charge >= 0.3 is 0 Å². The summed E-state index contributed by atoms with van der Waals surface area (Å²) in [5.74, 6) is 0. The summed E-state index contributed by atoms with van der Waals surface area (Å²) in [5.41, 5.74) is 1.62. The van der Waals surface area contributed by atoms with E-state index in [0.717, 1.165) is 25.3 Å². The maximum atomic E-state index is 4.24. The first-order chi connectivity index (χ1) is 8.99. The van der Waals surface area contributed by atoms with E-state index in [2.05, 4.69) is 34.4 Å². The minimum Gasteiger partial charge on any atom is -0.308 e. The highest BCUT2D eigenvalue weighted by atomic mass is 15.4. The number of aryl methyl sites for hydroxylation is 1. The van der Waals surface area contributed by atoms with Gasteiger partial charge in [0.2, 0.25) is 0 Å². The molecule has 1 N–H and O–H groups in total. The lowest BCUT2D eigenvalue weighted by Crippen LogP contribution is -2.66. The van der Waals surface area contributed by atoms with E-state index in [1.54, 1.807) is 4.68 Å². The zero-order valence-electron chi connectivity index (χ0n) is 12.3. The standard InChI is InChI=1S/C14H25N5/c1-13(2)10-15-14(6-4-5-7-14)11-19(13)9-12-8-18(3)17-16-12/h8,15H,4-7,9-11H2,1-3H3. The van der Waals surface area contributed by atoms with Crippen LogP contribution in [0.25, 0.3) is 0 Å². The number of rotatable bonds is 2. The van der Waals surface area contributed by atoms with E-state index >= 15 is 0 Å². The summed E-state index contributed by atoms with van der Waals surface area (Å²) in [6.07, 6.45) is 7.40. The molecule has 1 saturated heterocycles. The Bertz CT molecular complexity index is 444. The zero-order valence-corrected chi connectivity index (χ0v) is 12.3. The molecule has 1 aromatic heterocycles. The van der Waals surface area contributed by atoms with Crippen molar-refractivity contribution >= 4 is 0 Å². The Labute approximate surface area is 115 Å². The second-order valence-corrected chi connectivity index (χ2v) is 6.89. The van der Waals surface area contributed by atoms with Gasteiger partial charge in [0, 0.05) is 44.0 Å². The Hall–Kier alpha value is -0.940. The lowest BCUT2D eigenvalue weighted by molar-refractivity contribution is 0.0208. The van der Waals surface area contributed by atoms with E-state index in [1.165, 1.54) is 25.7 Å². The third-order valence-corrected chi connectivity index (χ3v) is 4.81. The Morgan fingerprint density at radius 2 is 2.05 bits per heavy atom. The first-order valence-electron chi connectivity index (χ1n) is 7.35. The molecule has 2 aliphatic rings. The average molecular weight is 263 g/mol. The molecule has 2 heterocycles. The van der Waals surface area contributed by atoms with Crippen LogP contribution in [0.4, 0.5) is 0 Å². The van der Waals surface area contributed by atoms with Gasteiger partial charge in [-0.3, -0.25) is 9.58 Å². The summed E-state index contributed by atoms with van der Waals surface area (Å²) in [5, 5.41) is 12.1. The molecular formula is C14H25N5. The van der Waals surface area contributed by atoms with Crippen molar-refractivity contribution in [1.29, 1.82) is 0 Å². The number of piperazine rings is 1. The second kappa shape index (κ2) is 4.56. The molecule has 106 valence electrons. The number of hydrogen-bond donors (Lipinski definition) is 1. The Balaban J connectivity index is 1.76. The lowest BCUT2D eigenvalue weighted by Gasteiger charge is -2.50. The van der Waals surface area contributed by atoms with Crippen molar-refractivity contribution in [3.8, 4) is 0 Å². The summed E-state index contributed by atoms with van der Waals surface area (Å²) in [4.78, 5) is 2.58. The molecule has 1 aliphatic carbocycles. The van der Waals surface area contributed by atoms with Crippen LogP contribution in [0.15, 0.2) is 6.20 Å². The van der Waals surface area contributed by atoms with Gasteiger partial charge < -0.3 is 5.32 Å². The third-order valence-electron chi connectivity index (χ3n) is 4.81. The van der Waals surface area contributed by atoms with Crippen LogP contribution >= 0.6 is 0 Å². The van der Waals surface area contributed by atoms with Crippen LogP contribution in [0.2, 0.25) is 0 Å². The highest BCUT2D eigenvalue weighted by Crippen LogP contribution is 2.36. The summed E-state index contributed by atoms with van der Waals surface area (Å²) in [6.45, 7) is 7.74. The Kier molecular flexibility index (Phi) is 3.14. The zero-order chi connectivity index (χ0) is 13.5. The third kappa shape index (κ3) is 2.54. The van der Waals surface area contributed by atoms with Gasteiger partial charge in [0.05, 0.1) is 5.69 Å². The maximum Gasteiger partial charge on any atom is 0.0967 e. The van der Waals surface area contributed by atoms with Crippen LogP contribution in [0, 0.1) is 0 Å². The van der Waals surface area contributed by atoms with Crippen molar-refractivity contribution in [2.45, 2.75) is 57.2 Å². The number of hydrogen-bond acceptors (Lipinski definition) is 4. The number of nitrogens with zero attached hydrogens (tertiary/aromatic N) is 4. The quantitative estimate of drug-likeness (QED) is 0.874. The smallest absolute Gasteiger partial charge is 0.0967 e.